The number of hydrogen-bond acceptors (Lipinski definition) is 3. The van der Waals surface area contributed by atoms with Gasteiger partial charge in [0.2, 0.25) is 5.91 Å². The molecule has 3 rings (SSSR count). The molecule has 0 fully saturated rings. The summed E-state index contributed by atoms with van der Waals surface area (Å²) in [4.78, 5) is 13.3. The van der Waals surface area contributed by atoms with Gasteiger partial charge in [0.25, 0.3) is 0 Å². The molecule has 1 aliphatic rings. The zero-order valence-corrected chi connectivity index (χ0v) is 11.8. The Kier molecular flexibility index (Phi) is 3.40. The Morgan fingerprint density at radius 2 is 1.80 bits per heavy atom. The molecule has 2 aromatic carbocycles. The molecule has 3 nitrogen and oxygen atoms in total. The summed E-state index contributed by atoms with van der Waals surface area (Å²) in [6.45, 7) is 0. The molecular formula is C16H16N2OS. The molecule has 0 radical (unpaired) electrons. The lowest BCUT2D eigenvalue weighted by molar-refractivity contribution is -0.122. The number of anilines is 1. The van der Waals surface area contributed by atoms with Gasteiger partial charge in [0, 0.05) is 21.9 Å². The molecule has 0 saturated carbocycles. The van der Waals surface area contributed by atoms with Gasteiger partial charge in [-0.25, -0.2) is 0 Å². The summed E-state index contributed by atoms with van der Waals surface area (Å²) < 4.78 is 0. The first-order valence-corrected chi connectivity index (χ1v) is 7.56. The summed E-state index contributed by atoms with van der Waals surface area (Å²) in [6, 6.07) is 17.7. The normalized spacial score (nSPS) is 21.0. The van der Waals surface area contributed by atoms with Gasteiger partial charge >= 0.3 is 0 Å². The van der Waals surface area contributed by atoms with Crippen LogP contribution in [-0.2, 0) is 10.3 Å². The van der Waals surface area contributed by atoms with Crippen LogP contribution in [0.1, 0.15) is 12.0 Å². The van der Waals surface area contributed by atoms with E-state index in [1.807, 2.05) is 54.6 Å². The van der Waals surface area contributed by atoms with Gasteiger partial charge in [0.05, 0.1) is 0 Å². The summed E-state index contributed by atoms with van der Waals surface area (Å²) in [5, 5.41) is 3.36. The maximum absolute atomic E-state index is 12.2. The number of primary amides is 1. The lowest BCUT2D eigenvalue weighted by atomic mass is 9.85. The number of hydrogen-bond donors (Lipinski definition) is 2. The highest BCUT2D eigenvalue weighted by Gasteiger charge is 2.42. The Labute approximate surface area is 122 Å². The Bertz CT molecular complexity index is 629. The van der Waals surface area contributed by atoms with Crippen LogP contribution >= 0.6 is 11.8 Å². The summed E-state index contributed by atoms with van der Waals surface area (Å²) in [7, 11) is 0. The van der Waals surface area contributed by atoms with Crippen molar-refractivity contribution in [2.45, 2.75) is 16.9 Å². The van der Waals surface area contributed by atoms with Crippen molar-refractivity contribution in [3.8, 4) is 0 Å². The van der Waals surface area contributed by atoms with Crippen molar-refractivity contribution in [3.05, 3.63) is 60.2 Å². The number of thioether (sulfide) groups is 1. The summed E-state index contributed by atoms with van der Waals surface area (Å²) in [5.41, 5.74) is 6.83. The third kappa shape index (κ3) is 2.16. The quantitative estimate of drug-likeness (QED) is 0.911. The molecule has 0 bridgehead atoms. The molecule has 3 N–H and O–H groups in total. The molecule has 0 saturated heterocycles. The number of para-hydroxylation sites is 1. The molecule has 102 valence electrons. The van der Waals surface area contributed by atoms with Gasteiger partial charge in [-0.15, -0.1) is 11.8 Å². The minimum Gasteiger partial charge on any atom is -0.368 e. The van der Waals surface area contributed by atoms with Crippen LogP contribution in [0.15, 0.2) is 59.5 Å². The molecular weight excluding hydrogens is 268 g/mol. The summed E-state index contributed by atoms with van der Waals surface area (Å²) in [6.07, 6.45) is 0.693. The molecule has 0 spiro atoms. The maximum Gasteiger partial charge on any atom is 0.247 e. The van der Waals surface area contributed by atoms with Gasteiger partial charge in [0.1, 0.15) is 5.54 Å². The van der Waals surface area contributed by atoms with Crippen LogP contribution in [0.2, 0.25) is 0 Å². The van der Waals surface area contributed by atoms with Crippen molar-refractivity contribution in [3.63, 3.8) is 0 Å². The van der Waals surface area contributed by atoms with Crippen LogP contribution in [0.4, 0.5) is 5.69 Å². The fourth-order valence-electron chi connectivity index (χ4n) is 2.61. The van der Waals surface area contributed by atoms with Crippen LogP contribution in [-0.4, -0.2) is 11.7 Å². The van der Waals surface area contributed by atoms with Crippen molar-refractivity contribution in [2.24, 2.45) is 5.73 Å². The monoisotopic (exact) mass is 284 g/mol. The third-order valence-electron chi connectivity index (χ3n) is 3.63. The number of carbonyl (C=O) groups excluding carboxylic acids is 1. The molecule has 1 amide bonds. The van der Waals surface area contributed by atoms with Crippen LogP contribution in [0, 0.1) is 0 Å². The lowest BCUT2D eigenvalue weighted by Crippen LogP contribution is -2.49. The van der Waals surface area contributed by atoms with Gasteiger partial charge in [-0.2, -0.15) is 0 Å². The van der Waals surface area contributed by atoms with Crippen molar-refractivity contribution < 1.29 is 4.79 Å². The molecule has 0 aliphatic carbocycles. The molecule has 1 heterocycles. The minimum atomic E-state index is -0.816. The van der Waals surface area contributed by atoms with Gasteiger partial charge in [-0.1, -0.05) is 36.4 Å². The van der Waals surface area contributed by atoms with E-state index in [0.717, 1.165) is 21.9 Å². The highest BCUT2D eigenvalue weighted by molar-refractivity contribution is 7.99. The second kappa shape index (κ2) is 5.21. The molecule has 2 aromatic rings. The number of nitrogens with one attached hydrogen (secondary N) is 1. The Morgan fingerprint density at radius 3 is 2.55 bits per heavy atom. The molecule has 1 aliphatic heterocycles. The first kappa shape index (κ1) is 13.1. The maximum atomic E-state index is 12.2. The largest absolute Gasteiger partial charge is 0.368 e. The molecule has 1 unspecified atom stereocenters. The highest BCUT2D eigenvalue weighted by Crippen LogP contribution is 2.42. The zero-order chi connectivity index (χ0) is 14.0. The van der Waals surface area contributed by atoms with E-state index in [1.54, 1.807) is 11.8 Å². The van der Waals surface area contributed by atoms with E-state index in [2.05, 4.69) is 5.32 Å². The van der Waals surface area contributed by atoms with Crippen LogP contribution in [0.5, 0.6) is 0 Å². The molecule has 4 heteroatoms. The van der Waals surface area contributed by atoms with Crippen LogP contribution in [0.3, 0.4) is 0 Å². The van der Waals surface area contributed by atoms with E-state index in [1.165, 1.54) is 0 Å². The van der Waals surface area contributed by atoms with E-state index < -0.39 is 5.54 Å². The average molecular weight is 284 g/mol. The topological polar surface area (TPSA) is 55.1 Å². The number of benzene rings is 2. The van der Waals surface area contributed by atoms with E-state index in [4.69, 9.17) is 5.73 Å². The fraction of sp³-hybridized carbons (Fsp3) is 0.188. The number of carbonyl (C=O) groups is 1. The molecule has 0 aromatic heterocycles. The van der Waals surface area contributed by atoms with Crippen molar-refractivity contribution in [1.29, 1.82) is 0 Å². The lowest BCUT2D eigenvalue weighted by Gasteiger charge is -2.37. The zero-order valence-electron chi connectivity index (χ0n) is 11.0. The minimum absolute atomic E-state index is 0.325. The van der Waals surface area contributed by atoms with Crippen molar-refractivity contribution >= 4 is 23.4 Å². The predicted octanol–water partition coefficient (Wildman–Crippen LogP) is 2.98. The van der Waals surface area contributed by atoms with E-state index >= 15 is 0 Å². The fourth-order valence-corrected chi connectivity index (χ4v) is 3.81. The SMILES string of the molecule is NC(=O)C1(Nc2ccccc2)CCSc2ccccc21. The number of amides is 1. The predicted molar refractivity (Wildman–Crippen MR) is 82.7 cm³/mol. The van der Waals surface area contributed by atoms with Gasteiger partial charge in [-0.05, 0) is 24.6 Å². The number of rotatable bonds is 3. The van der Waals surface area contributed by atoms with Crippen molar-refractivity contribution in [1.82, 2.24) is 0 Å². The van der Waals surface area contributed by atoms with Gasteiger partial charge < -0.3 is 11.1 Å². The van der Waals surface area contributed by atoms with Crippen LogP contribution < -0.4 is 11.1 Å². The third-order valence-corrected chi connectivity index (χ3v) is 4.71. The second-order valence-electron chi connectivity index (χ2n) is 4.86. The van der Waals surface area contributed by atoms with E-state index in [0.29, 0.717) is 6.42 Å². The average Bonchev–Trinajstić information content (AvgIpc) is 2.48. The molecule has 1 atom stereocenters. The Balaban J connectivity index is 2.08. The standard InChI is InChI=1S/C16H16N2OS/c17-15(19)16(18-12-6-2-1-3-7-12)10-11-20-14-9-5-4-8-13(14)16/h1-9,18H,10-11H2,(H2,17,19). The highest BCUT2D eigenvalue weighted by atomic mass is 32.2. The van der Waals surface area contributed by atoms with Crippen molar-refractivity contribution in [2.75, 3.05) is 11.1 Å². The number of nitrogens with two attached hydrogens (primary N) is 1. The van der Waals surface area contributed by atoms with E-state index in [9.17, 15) is 4.79 Å². The number of fused-ring (bicyclic) bond motifs is 1. The summed E-state index contributed by atoms with van der Waals surface area (Å²) >= 11 is 1.77. The Hall–Kier alpha value is -1.94. The van der Waals surface area contributed by atoms with E-state index in [-0.39, 0.29) is 5.91 Å². The first-order chi connectivity index (χ1) is 9.72. The van der Waals surface area contributed by atoms with Gasteiger partial charge in [-0.3, -0.25) is 4.79 Å². The van der Waals surface area contributed by atoms with Gasteiger partial charge in [0.15, 0.2) is 0 Å². The summed E-state index contributed by atoms with van der Waals surface area (Å²) in [5.74, 6) is 0.550. The smallest absolute Gasteiger partial charge is 0.247 e. The Morgan fingerprint density at radius 1 is 1.10 bits per heavy atom. The van der Waals surface area contributed by atoms with Crippen LogP contribution in [0.25, 0.3) is 0 Å². The second-order valence-corrected chi connectivity index (χ2v) is 5.99. The first-order valence-electron chi connectivity index (χ1n) is 6.58. The molecule has 20 heavy (non-hydrogen) atoms.